The molecule has 26 heavy (non-hydrogen) atoms. The summed E-state index contributed by atoms with van der Waals surface area (Å²) in [5, 5.41) is 10.8. The van der Waals surface area contributed by atoms with Gasteiger partial charge in [-0.3, -0.25) is 10.1 Å². The van der Waals surface area contributed by atoms with Crippen LogP contribution in [0.3, 0.4) is 0 Å². The first-order chi connectivity index (χ1) is 12.5. The third-order valence-corrected chi connectivity index (χ3v) is 6.11. The molecule has 0 heterocycles. The zero-order valence-corrected chi connectivity index (χ0v) is 15.0. The van der Waals surface area contributed by atoms with Crippen LogP contribution in [0.5, 0.6) is 5.75 Å². The average molecular weight is 376 g/mol. The molecule has 7 nitrogen and oxygen atoms in total. The number of sulfonamides is 1. The van der Waals surface area contributed by atoms with Crippen molar-refractivity contribution in [2.45, 2.75) is 43.0 Å². The predicted molar refractivity (Wildman–Crippen MR) is 96.1 cm³/mol. The van der Waals surface area contributed by atoms with Crippen LogP contribution in [-0.4, -0.2) is 23.9 Å². The van der Waals surface area contributed by atoms with Crippen LogP contribution in [0, 0.1) is 10.1 Å². The van der Waals surface area contributed by atoms with Crippen molar-refractivity contribution in [3.8, 4) is 5.75 Å². The molecule has 1 saturated carbocycles. The summed E-state index contributed by atoms with van der Waals surface area (Å²) in [6.07, 6.45) is 4.40. The lowest BCUT2D eigenvalue weighted by atomic mass is 9.96. The van der Waals surface area contributed by atoms with Gasteiger partial charge in [-0.1, -0.05) is 37.5 Å². The Morgan fingerprint density at radius 3 is 2.15 bits per heavy atom. The van der Waals surface area contributed by atoms with Gasteiger partial charge >= 0.3 is 0 Å². The van der Waals surface area contributed by atoms with Crippen LogP contribution in [0.1, 0.15) is 32.1 Å². The first kappa shape index (κ1) is 18.3. The SMILES string of the molecule is O=[N+]([O-])c1ccc(ON(C2CCCCC2)S(=O)(=O)c2ccccc2)cc1. The summed E-state index contributed by atoms with van der Waals surface area (Å²) in [7, 11) is -3.85. The van der Waals surface area contributed by atoms with E-state index in [1.54, 1.807) is 18.2 Å². The van der Waals surface area contributed by atoms with Gasteiger partial charge in [0.2, 0.25) is 0 Å². The van der Waals surface area contributed by atoms with Crippen LogP contribution in [0.2, 0.25) is 0 Å². The number of hydroxylamine groups is 1. The van der Waals surface area contributed by atoms with Gasteiger partial charge in [-0.05, 0) is 41.6 Å². The molecular weight excluding hydrogens is 356 g/mol. The topological polar surface area (TPSA) is 89.8 Å². The fraction of sp³-hybridized carbons (Fsp3) is 0.333. The number of non-ortho nitro benzene ring substituents is 1. The highest BCUT2D eigenvalue weighted by atomic mass is 32.2. The highest BCUT2D eigenvalue weighted by Crippen LogP contribution is 2.30. The van der Waals surface area contributed by atoms with Crippen LogP contribution < -0.4 is 4.84 Å². The Kier molecular flexibility index (Phi) is 5.53. The molecule has 0 N–H and O–H groups in total. The normalized spacial score (nSPS) is 15.7. The molecule has 0 aliphatic heterocycles. The first-order valence-corrected chi connectivity index (χ1v) is 9.94. The van der Waals surface area contributed by atoms with Gasteiger partial charge in [-0.2, -0.15) is 0 Å². The minimum atomic E-state index is -3.85. The van der Waals surface area contributed by atoms with Gasteiger partial charge in [0.05, 0.1) is 15.9 Å². The highest BCUT2D eigenvalue weighted by Gasteiger charge is 2.34. The number of nitrogens with zero attached hydrogens (tertiary/aromatic N) is 2. The van der Waals surface area contributed by atoms with Crippen LogP contribution in [0.25, 0.3) is 0 Å². The van der Waals surface area contributed by atoms with Gasteiger partial charge in [0.15, 0.2) is 0 Å². The number of nitro benzene ring substituents is 1. The molecule has 0 spiro atoms. The number of nitro groups is 1. The summed E-state index contributed by atoms with van der Waals surface area (Å²) in [5.41, 5.74) is -0.0764. The molecule has 2 aromatic carbocycles. The van der Waals surface area contributed by atoms with Crippen molar-refractivity contribution in [1.29, 1.82) is 0 Å². The lowest BCUT2D eigenvalue weighted by Gasteiger charge is -2.32. The van der Waals surface area contributed by atoms with Gasteiger partial charge in [-0.15, -0.1) is 0 Å². The second kappa shape index (κ2) is 7.84. The van der Waals surface area contributed by atoms with Gasteiger partial charge < -0.3 is 4.84 Å². The Morgan fingerprint density at radius 1 is 0.962 bits per heavy atom. The molecule has 0 radical (unpaired) electrons. The maximum absolute atomic E-state index is 13.1. The van der Waals surface area contributed by atoms with Crippen molar-refractivity contribution >= 4 is 15.7 Å². The summed E-state index contributed by atoms with van der Waals surface area (Å²) in [4.78, 5) is 16.2. The van der Waals surface area contributed by atoms with Crippen LogP contribution in [-0.2, 0) is 10.0 Å². The molecule has 0 saturated heterocycles. The number of benzene rings is 2. The summed E-state index contributed by atoms with van der Waals surface area (Å²) in [5.74, 6) is 0.251. The molecule has 0 bridgehead atoms. The second-order valence-corrected chi connectivity index (χ2v) is 7.99. The largest absolute Gasteiger partial charge is 0.391 e. The van der Waals surface area contributed by atoms with Crippen molar-refractivity contribution < 1.29 is 18.2 Å². The minimum Gasteiger partial charge on any atom is -0.391 e. The van der Waals surface area contributed by atoms with E-state index in [2.05, 4.69) is 0 Å². The summed E-state index contributed by atoms with van der Waals surface area (Å²) in [6.45, 7) is 0. The monoisotopic (exact) mass is 376 g/mol. The van der Waals surface area contributed by atoms with E-state index in [1.807, 2.05) is 0 Å². The Balaban J connectivity index is 1.92. The molecule has 0 amide bonds. The summed E-state index contributed by atoms with van der Waals surface area (Å²) < 4.78 is 27.3. The van der Waals surface area contributed by atoms with E-state index in [9.17, 15) is 18.5 Å². The number of hydrogen-bond donors (Lipinski definition) is 0. The van der Waals surface area contributed by atoms with Crippen LogP contribution >= 0.6 is 0 Å². The smallest absolute Gasteiger partial charge is 0.274 e. The van der Waals surface area contributed by atoms with Gasteiger partial charge in [0, 0.05) is 12.1 Å². The Hall–Kier alpha value is -2.45. The summed E-state index contributed by atoms with van der Waals surface area (Å²) >= 11 is 0. The molecule has 138 valence electrons. The van der Waals surface area contributed by atoms with E-state index in [4.69, 9.17) is 4.84 Å². The van der Waals surface area contributed by atoms with E-state index in [0.29, 0.717) is 0 Å². The molecule has 8 heteroatoms. The number of rotatable bonds is 6. The van der Waals surface area contributed by atoms with Gasteiger partial charge in [0.1, 0.15) is 5.75 Å². The van der Waals surface area contributed by atoms with E-state index in [0.717, 1.165) is 36.6 Å². The molecule has 2 aromatic rings. The molecule has 0 unspecified atom stereocenters. The quantitative estimate of drug-likeness (QED) is 0.563. The molecule has 1 aliphatic rings. The zero-order chi connectivity index (χ0) is 18.6. The standard InChI is InChI=1S/C18H20N2O5S/c21-19(22)15-11-13-17(14-12-15)25-20(16-7-3-1-4-8-16)26(23,24)18-9-5-2-6-10-18/h2,5-6,9-14,16H,1,3-4,7-8H2. The van der Waals surface area contributed by atoms with E-state index in [-0.39, 0.29) is 22.4 Å². The third-order valence-electron chi connectivity index (χ3n) is 4.39. The van der Waals surface area contributed by atoms with E-state index < -0.39 is 14.9 Å². The number of hydrogen-bond acceptors (Lipinski definition) is 5. The second-order valence-electron chi connectivity index (χ2n) is 6.21. The van der Waals surface area contributed by atoms with E-state index in [1.165, 1.54) is 36.4 Å². The Morgan fingerprint density at radius 2 is 1.58 bits per heavy atom. The average Bonchev–Trinajstić information content (AvgIpc) is 2.67. The maximum Gasteiger partial charge on any atom is 0.274 e. The van der Waals surface area contributed by atoms with Gasteiger partial charge in [-0.25, -0.2) is 8.42 Å². The lowest BCUT2D eigenvalue weighted by Crippen LogP contribution is -2.43. The predicted octanol–water partition coefficient (Wildman–Crippen LogP) is 3.91. The van der Waals surface area contributed by atoms with Crippen LogP contribution in [0.15, 0.2) is 59.5 Å². The molecule has 0 atom stereocenters. The minimum absolute atomic E-state index is 0.0764. The fourth-order valence-electron chi connectivity index (χ4n) is 3.04. The highest BCUT2D eigenvalue weighted by molar-refractivity contribution is 7.89. The third kappa shape index (κ3) is 4.03. The zero-order valence-electron chi connectivity index (χ0n) is 14.2. The first-order valence-electron chi connectivity index (χ1n) is 8.50. The summed E-state index contributed by atoms with van der Waals surface area (Å²) in [6, 6.07) is 13.3. The van der Waals surface area contributed by atoms with E-state index >= 15 is 0 Å². The Labute approximate surface area is 152 Å². The molecule has 3 rings (SSSR count). The maximum atomic E-state index is 13.1. The molecule has 1 fully saturated rings. The Bertz CT molecular complexity index is 847. The van der Waals surface area contributed by atoms with Gasteiger partial charge in [0.25, 0.3) is 15.7 Å². The molecular formula is C18H20N2O5S. The lowest BCUT2D eigenvalue weighted by molar-refractivity contribution is -0.384. The molecule has 1 aliphatic carbocycles. The van der Waals surface area contributed by atoms with Crippen molar-refractivity contribution in [1.82, 2.24) is 4.47 Å². The molecule has 0 aromatic heterocycles. The van der Waals surface area contributed by atoms with Crippen molar-refractivity contribution in [3.63, 3.8) is 0 Å². The fourth-order valence-corrected chi connectivity index (χ4v) is 4.54. The van der Waals surface area contributed by atoms with Crippen molar-refractivity contribution in [3.05, 3.63) is 64.7 Å². The van der Waals surface area contributed by atoms with Crippen LogP contribution in [0.4, 0.5) is 5.69 Å². The van der Waals surface area contributed by atoms with Crippen molar-refractivity contribution in [2.75, 3.05) is 0 Å². The van der Waals surface area contributed by atoms with Crippen molar-refractivity contribution in [2.24, 2.45) is 0 Å².